The van der Waals surface area contributed by atoms with E-state index in [1.54, 1.807) is 6.26 Å². The number of hydrogen-bond acceptors (Lipinski definition) is 2. The van der Waals surface area contributed by atoms with Crippen LogP contribution in [-0.4, -0.2) is 4.98 Å². The van der Waals surface area contributed by atoms with E-state index in [-0.39, 0.29) is 0 Å². The minimum atomic E-state index is 0.703. The molecule has 0 fully saturated rings. The minimum Gasteiger partial charge on any atom is -0.449 e. The van der Waals surface area contributed by atoms with Crippen LogP contribution in [0.4, 0.5) is 0 Å². The van der Waals surface area contributed by atoms with E-state index in [0.717, 1.165) is 5.69 Å². The average Bonchev–Trinajstić information content (AvgIpc) is 2.36. The summed E-state index contributed by atoms with van der Waals surface area (Å²) in [6.45, 7) is 5.86. The van der Waals surface area contributed by atoms with Gasteiger partial charge in [-0.25, -0.2) is 4.98 Å². The first kappa shape index (κ1) is 8.78. The Kier molecular flexibility index (Phi) is 2.86. The van der Waals surface area contributed by atoms with E-state index in [2.05, 4.69) is 4.98 Å². The Bertz CT molecular complexity index is 307. The molecule has 0 aliphatic heterocycles. The third-order valence-electron chi connectivity index (χ3n) is 1.44. The van der Waals surface area contributed by atoms with Gasteiger partial charge in [0.15, 0.2) is 5.89 Å². The van der Waals surface area contributed by atoms with Crippen LogP contribution in [0.15, 0.2) is 28.4 Å². The zero-order valence-electron chi connectivity index (χ0n) is 7.66. The van der Waals surface area contributed by atoms with Crippen LogP contribution in [0.5, 0.6) is 0 Å². The maximum Gasteiger partial charge on any atom is 0.191 e. The second kappa shape index (κ2) is 3.90. The van der Waals surface area contributed by atoms with Crippen LogP contribution in [-0.2, 0) is 0 Å². The van der Waals surface area contributed by atoms with Crippen molar-refractivity contribution in [3.63, 3.8) is 0 Å². The molecule has 0 saturated carbocycles. The molecule has 2 heteroatoms. The van der Waals surface area contributed by atoms with Gasteiger partial charge in [-0.2, -0.15) is 0 Å². The van der Waals surface area contributed by atoms with Gasteiger partial charge in [0.2, 0.25) is 0 Å². The van der Waals surface area contributed by atoms with E-state index in [1.165, 1.54) is 5.57 Å². The fourth-order valence-corrected chi connectivity index (χ4v) is 0.991. The maximum absolute atomic E-state index is 5.06. The highest BCUT2D eigenvalue weighted by molar-refractivity contribution is 5.50. The van der Waals surface area contributed by atoms with Crippen molar-refractivity contribution >= 4 is 6.08 Å². The number of allylic oxidation sites excluding steroid dienone is 3. The lowest BCUT2D eigenvalue weighted by molar-refractivity contribution is 0.521. The quantitative estimate of drug-likeness (QED) is 0.626. The molecule has 0 spiro atoms. The van der Waals surface area contributed by atoms with Crippen molar-refractivity contribution < 1.29 is 4.42 Å². The molecule has 0 aliphatic carbocycles. The molecule has 12 heavy (non-hydrogen) atoms. The summed E-state index contributed by atoms with van der Waals surface area (Å²) in [7, 11) is 0. The molecule has 0 saturated heterocycles. The molecule has 64 valence electrons. The van der Waals surface area contributed by atoms with Crippen molar-refractivity contribution in [1.29, 1.82) is 0 Å². The highest BCUT2D eigenvalue weighted by Crippen LogP contribution is 2.06. The van der Waals surface area contributed by atoms with E-state index >= 15 is 0 Å². The molecular formula is C10H13NO. The summed E-state index contributed by atoms with van der Waals surface area (Å²) in [5.41, 5.74) is 2.05. The van der Waals surface area contributed by atoms with Gasteiger partial charge >= 0.3 is 0 Å². The summed E-state index contributed by atoms with van der Waals surface area (Å²) in [6, 6.07) is 0. The fourth-order valence-electron chi connectivity index (χ4n) is 0.991. The van der Waals surface area contributed by atoms with Crippen molar-refractivity contribution in [2.75, 3.05) is 0 Å². The molecule has 0 amide bonds. The minimum absolute atomic E-state index is 0.703. The average molecular weight is 163 g/mol. The number of nitrogens with zero attached hydrogens (tertiary/aromatic N) is 1. The molecule has 0 atom stereocenters. The number of oxazole rings is 1. The molecule has 0 bridgehead atoms. The van der Waals surface area contributed by atoms with Crippen LogP contribution in [0.1, 0.15) is 25.4 Å². The van der Waals surface area contributed by atoms with Gasteiger partial charge in [-0.3, -0.25) is 0 Å². The Hall–Kier alpha value is -1.31. The first-order valence-corrected chi connectivity index (χ1v) is 3.95. The lowest BCUT2D eigenvalue weighted by Gasteiger charge is -1.86. The fraction of sp³-hybridized carbons (Fsp3) is 0.300. The first-order valence-electron chi connectivity index (χ1n) is 3.95. The van der Waals surface area contributed by atoms with Gasteiger partial charge < -0.3 is 4.42 Å². The van der Waals surface area contributed by atoms with Gasteiger partial charge in [0.05, 0.1) is 0 Å². The second-order valence-corrected chi connectivity index (χ2v) is 2.68. The van der Waals surface area contributed by atoms with Gasteiger partial charge in [0, 0.05) is 6.92 Å². The van der Waals surface area contributed by atoms with Crippen molar-refractivity contribution in [3.8, 4) is 0 Å². The molecule has 1 aromatic heterocycles. The third kappa shape index (κ3) is 2.38. The van der Waals surface area contributed by atoms with Crippen LogP contribution in [0, 0.1) is 6.92 Å². The maximum atomic E-state index is 5.06. The number of aryl methyl sites for hydroxylation is 1. The second-order valence-electron chi connectivity index (χ2n) is 2.68. The van der Waals surface area contributed by atoms with Gasteiger partial charge in [-0.1, -0.05) is 12.2 Å². The molecule has 1 aromatic rings. The lowest BCUT2D eigenvalue weighted by atomic mass is 10.2. The first-order chi connectivity index (χ1) is 5.72. The van der Waals surface area contributed by atoms with Gasteiger partial charge in [-0.15, -0.1) is 0 Å². The molecule has 2 nitrogen and oxygen atoms in total. The van der Waals surface area contributed by atoms with Gasteiger partial charge in [0.25, 0.3) is 0 Å². The highest BCUT2D eigenvalue weighted by Gasteiger charge is 1.94. The molecule has 1 rings (SSSR count). The Morgan fingerprint density at radius 1 is 1.58 bits per heavy atom. The SMILES string of the molecule is C/C=C/C(C)=C/c1coc(C)n1. The van der Waals surface area contributed by atoms with E-state index in [1.807, 2.05) is 39.0 Å². The van der Waals surface area contributed by atoms with Crippen LogP contribution < -0.4 is 0 Å². The summed E-state index contributed by atoms with van der Waals surface area (Å²) < 4.78 is 5.06. The van der Waals surface area contributed by atoms with E-state index < -0.39 is 0 Å². The zero-order valence-corrected chi connectivity index (χ0v) is 7.66. The predicted molar refractivity (Wildman–Crippen MR) is 49.7 cm³/mol. The van der Waals surface area contributed by atoms with E-state index in [0.29, 0.717) is 5.89 Å². The summed E-state index contributed by atoms with van der Waals surface area (Å²) >= 11 is 0. The Balaban J connectivity index is 2.80. The van der Waals surface area contributed by atoms with Gasteiger partial charge in [0.1, 0.15) is 12.0 Å². The molecule has 0 N–H and O–H groups in total. The Morgan fingerprint density at radius 2 is 2.33 bits per heavy atom. The predicted octanol–water partition coefficient (Wildman–Crippen LogP) is 2.96. The molecule has 0 aromatic carbocycles. The molecule has 1 heterocycles. The van der Waals surface area contributed by atoms with Crippen LogP contribution in [0.2, 0.25) is 0 Å². The molecule has 0 radical (unpaired) electrons. The van der Waals surface area contributed by atoms with Crippen LogP contribution >= 0.6 is 0 Å². The Morgan fingerprint density at radius 3 is 2.83 bits per heavy atom. The topological polar surface area (TPSA) is 26.0 Å². The molecular weight excluding hydrogens is 150 g/mol. The molecule has 0 unspecified atom stereocenters. The van der Waals surface area contributed by atoms with E-state index in [4.69, 9.17) is 4.42 Å². The number of rotatable bonds is 2. The summed E-state index contributed by atoms with van der Waals surface area (Å²) in [4.78, 5) is 4.16. The largest absolute Gasteiger partial charge is 0.449 e. The van der Waals surface area contributed by atoms with Crippen LogP contribution in [0.3, 0.4) is 0 Å². The third-order valence-corrected chi connectivity index (χ3v) is 1.44. The standard InChI is InChI=1S/C10H13NO/c1-4-5-8(2)6-10-7-12-9(3)11-10/h4-7H,1-3H3/b5-4+,8-6+. The smallest absolute Gasteiger partial charge is 0.191 e. The summed E-state index contributed by atoms with van der Waals surface area (Å²) in [5.74, 6) is 0.703. The van der Waals surface area contributed by atoms with Crippen molar-refractivity contribution in [3.05, 3.63) is 35.6 Å². The zero-order chi connectivity index (χ0) is 8.97. The van der Waals surface area contributed by atoms with Crippen molar-refractivity contribution in [1.82, 2.24) is 4.98 Å². The summed E-state index contributed by atoms with van der Waals surface area (Å²) in [5, 5.41) is 0. The molecule has 0 aliphatic rings. The monoisotopic (exact) mass is 163 g/mol. The van der Waals surface area contributed by atoms with Crippen molar-refractivity contribution in [2.24, 2.45) is 0 Å². The van der Waals surface area contributed by atoms with Crippen LogP contribution in [0.25, 0.3) is 6.08 Å². The lowest BCUT2D eigenvalue weighted by Crippen LogP contribution is -1.74. The van der Waals surface area contributed by atoms with E-state index in [9.17, 15) is 0 Å². The number of hydrogen-bond donors (Lipinski definition) is 0. The van der Waals surface area contributed by atoms with Gasteiger partial charge in [-0.05, 0) is 25.5 Å². The summed E-state index contributed by atoms with van der Waals surface area (Å²) in [6.07, 6.45) is 7.67. The normalized spacial score (nSPS) is 12.8. The highest BCUT2D eigenvalue weighted by atomic mass is 16.3. The number of aromatic nitrogens is 1. The Labute approximate surface area is 72.6 Å². The van der Waals surface area contributed by atoms with Crippen molar-refractivity contribution in [2.45, 2.75) is 20.8 Å².